The van der Waals surface area contributed by atoms with E-state index in [1.807, 2.05) is 18.9 Å². The predicted molar refractivity (Wildman–Crippen MR) is 42.4 cm³/mol. The monoisotopic (exact) mass is 139 g/mol. The van der Waals surface area contributed by atoms with E-state index in [1.165, 1.54) is 5.71 Å². The average molecular weight is 139 g/mol. The highest BCUT2D eigenvalue weighted by molar-refractivity contribution is 5.83. The Morgan fingerprint density at radius 2 is 2.50 bits per heavy atom. The summed E-state index contributed by atoms with van der Waals surface area (Å²) in [5.41, 5.74) is 7.53. The largest absolute Gasteiger partial charge is 0.403 e. The summed E-state index contributed by atoms with van der Waals surface area (Å²) < 4.78 is 0. The van der Waals surface area contributed by atoms with Gasteiger partial charge in [0.15, 0.2) is 0 Å². The summed E-state index contributed by atoms with van der Waals surface area (Å²) in [6.07, 6.45) is 2.65. The Morgan fingerprint density at radius 1 is 1.80 bits per heavy atom. The number of nitrogens with two attached hydrogens (primary N) is 1. The number of rotatable bonds is 1. The van der Waals surface area contributed by atoms with Crippen molar-refractivity contribution in [3.8, 4) is 0 Å². The Labute approximate surface area is 61.2 Å². The van der Waals surface area contributed by atoms with Gasteiger partial charge in [0.05, 0.1) is 0 Å². The van der Waals surface area contributed by atoms with Gasteiger partial charge in [-0.15, -0.1) is 0 Å². The minimum Gasteiger partial charge on any atom is -0.403 e. The molecule has 0 bridgehead atoms. The highest BCUT2D eigenvalue weighted by atomic mass is 15.5. The molecular formula is C7H13N3. The quantitative estimate of drug-likeness (QED) is 0.586. The lowest BCUT2D eigenvalue weighted by Crippen LogP contribution is -2.12. The third-order valence-electron chi connectivity index (χ3n) is 1.63. The maximum Gasteiger partial charge on any atom is 0.0491 e. The van der Waals surface area contributed by atoms with Gasteiger partial charge in [0.1, 0.15) is 0 Å². The van der Waals surface area contributed by atoms with Crippen LogP contribution >= 0.6 is 0 Å². The topological polar surface area (TPSA) is 41.6 Å². The first-order chi connectivity index (χ1) is 4.74. The molecule has 0 unspecified atom stereocenters. The van der Waals surface area contributed by atoms with Gasteiger partial charge in [-0.05, 0) is 13.8 Å². The van der Waals surface area contributed by atoms with Crippen molar-refractivity contribution >= 4 is 5.71 Å². The molecule has 0 aromatic heterocycles. The lowest BCUT2D eigenvalue weighted by Gasteiger charge is -2.12. The smallest absolute Gasteiger partial charge is 0.0491 e. The number of hydrogen-bond donors (Lipinski definition) is 1. The molecule has 1 rings (SSSR count). The molecule has 10 heavy (non-hydrogen) atoms. The van der Waals surface area contributed by atoms with E-state index < -0.39 is 0 Å². The van der Waals surface area contributed by atoms with Crippen LogP contribution in [0.5, 0.6) is 0 Å². The zero-order valence-corrected chi connectivity index (χ0v) is 6.46. The van der Waals surface area contributed by atoms with Crippen LogP contribution < -0.4 is 5.73 Å². The van der Waals surface area contributed by atoms with Crippen LogP contribution in [0.3, 0.4) is 0 Å². The molecule has 3 nitrogen and oxygen atoms in total. The third-order valence-corrected chi connectivity index (χ3v) is 1.63. The molecule has 0 spiro atoms. The van der Waals surface area contributed by atoms with E-state index in [2.05, 4.69) is 5.10 Å². The van der Waals surface area contributed by atoms with Crippen LogP contribution in [0.4, 0.5) is 0 Å². The van der Waals surface area contributed by atoms with Crippen molar-refractivity contribution in [1.29, 1.82) is 0 Å². The highest BCUT2D eigenvalue weighted by Gasteiger charge is 2.10. The van der Waals surface area contributed by atoms with Crippen molar-refractivity contribution in [3.63, 3.8) is 0 Å². The van der Waals surface area contributed by atoms with Gasteiger partial charge in [-0.2, -0.15) is 5.10 Å². The predicted octanol–water partition coefficient (Wildman–Crippen LogP) is 0.888. The molecule has 0 saturated carbocycles. The molecule has 0 aromatic rings. The van der Waals surface area contributed by atoms with Gasteiger partial charge in [-0.1, -0.05) is 0 Å². The summed E-state index contributed by atoms with van der Waals surface area (Å²) in [5, 5.41) is 6.19. The molecular weight excluding hydrogens is 126 g/mol. The normalized spacial score (nSPS) is 19.6. The molecule has 1 heterocycles. The Hall–Kier alpha value is -0.990. The SMILES string of the molecule is CC1=NN(/C(C)=C\N)CC1. The summed E-state index contributed by atoms with van der Waals surface area (Å²) in [5.74, 6) is 0. The zero-order chi connectivity index (χ0) is 7.56. The van der Waals surface area contributed by atoms with E-state index in [4.69, 9.17) is 5.73 Å². The van der Waals surface area contributed by atoms with Crippen molar-refractivity contribution < 1.29 is 0 Å². The second kappa shape index (κ2) is 2.73. The van der Waals surface area contributed by atoms with Gasteiger partial charge < -0.3 is 5.73 Å². The van der Waals surface area contributed by atoms with Gasteiger partial charge in [-0.25, -0.2) is 0 Å². The Balaban J connectivity index is 2.61. The van der Waals surface area contributed by atoms with E-state index in [0.717, 1.165) is 18.7 Å². The Kier molecular flexibility index (Phi) is 1.94. The average Bonchev–Trinajstić information content (AvgIpc) is 2.34. The van der Waals surface area contributed by atoms with Crippen LogP contribution in [0.25, 0.3) is 0 Å². The third kappa shape index (κ3) is 1.29. The van der Waals surface area contributed by atoms with Crippen molar-refractivity contribution in [2.75, 3.05) is 6.54 Å². The van der Waals surface area contributed by atoms with Crippen molar-refractivity contribution in [2.24, 2.45) is 10.8 Å². The molecule has 0 fully saturated rings. The standard InChI is InChI=1S/C7H13N3/c1-6-3-4-10(9-6)7(2)5-8/h5H,3-4,8H2,1-2H3/b7-5-. The zero-order valence-electron chi connectivity index (χ0n) is 6.46. The Morgan fingerprint density at radius 3 is 2.90 bits per heavy atom. The van der Waals surface area contributed by atoms with Gasteiger partial charge in [0.25, 0.3) is 0 Å². The molecule has 0 aliphatic carbocycles. The van der Waals surface area contributed by atoms with E-state index in [9.17, 15) is 0 Å². The maximum atomic E-state index is 5.32. The van der Waals surface area contributed by atoms with Gasteiger partial charge in [0, 0.05) is 30.6 Å². The fourth-order valence-corrected chi connectivity index (χ4v) is 0.915. The van der Waals surface area contributed by atoms with Crippen LogP contribution in [-0.4, -0.2) is 17.3 Å². The summed E-state index contributed by atoms with van der Waals surface area (Å²) in [6.45, 7) is 4.97. The highest BCUT2D eigenvalue weighted by Crippen LogP contribution is 2.11. The van der Waals surface area contributed by atoms with E-state index in [0.29, 0.717) is 0 Å². The van der Waals surface area contributed by atoms with E-state index >= 15 is 0 Å². The number of nitrogens with zero attached hydrogens (tertiary/aromatic N) is 2. The first kappa shape index (κ1) is 7.12. The summed E-state index contributed by atoms with van der Waals surface area (Å²) in [4.78, 5) is 0. The van der Waals surface area contributed by atoms with E-state index in [1.54, 1.807) is 6.20 Å². The van der Waals surface area contributed by atoms with Gasteiger partial charge in [-0.3, -0.25) is 5.01 Å². The molecule has 1 aliphatic heterocycles. The molecule has 0 aromatic carbocycles. The second-order valence-electron chi connectivity index (χ2n) is 2.52. The summed E-state index contributed by atoms with van der Waals surface area (Å²) >= 11 is 0. The lowest BCUT2D eigenvalue weighted by atomic mass is 10.3. The van der Waals surface area contributed by atoms with E-state index in [-0.39, 0.29) is 0 Å². The Bertz CT molecular complexity index is 181. The molecule has 56 valence electrons. The number of hydrogen-bond acceptors (Lipinski definition) is 3. The van der Waals surface area contributed by atoms with Gasteiger partial charge in [0.2, 0.25) is 0 Å². The van der Waals surface area contributed by atoms with Crippen LogP contribution in [0.1, 0.15) is 20.3 Å². The molecule has 0 atom stereocenters. The minimum atomic E-state index is 0.978. The molecule has 0 radical (unpaired) electrons. The summed E-state index contributed by atoms with van der Waals surface area (Å²) in [6, 6.07) is 0. The molecule has 2 N–H and O–H groups in total. The first-order valence-corrected chi connectivity index (χ1v) is 3.44. The van der Waals surface area contributed by atoms with Crippen molar-refractivity contribution in [1.82, 2.24) is 5.01 Å². The van der Waals surface area contributed by atoms with Gasteiger partial charge >= 0.3 is 0 Å². The van der Waals surface area contributed by atoms with Crippen LogP contribution in [0, 0.1) is 0 Å². The molecule has 3 heteroatoms. The second-order valence-corrected chi connectivity index (χ2v) is 2.52. The number of allylic oxidation sites excluding steroid dienone is 1. The number of hydrazone groups is 1. The van der Waals surface area contributed by atoms with Crippen LogP contribution in [0.2, 0.25) is 0 Å². The van der Waals surface area contributed by atoms with Crippen LogP contribution in [0.15, 0.2) is 17.0 Å². The minimum absolute atomic E-state index is 0.978. The fourth-order valence-electron chi connectivity index (χ4n) is 0.915. The van der Waals surface area contributed by atoms with Crippen molar-refractivity contribution in [3.05, 3.63) is 11.9 Å². The molecule has 1 aliphatic rings. The first-order valence-electron chi connectivity index (χ1n) is 3.44. The lowest BCUT2D eigenvalue weighted by molar-refractivity contribution is 0.402. The van der Waals surface area contributed by atoms with Crippen molar-refractivity contribution in [2.45, 2.75) is 20.3 Å². The maximum absolute atomic E-state index is 5.32. The molecule has 0 amide bonds. The van der Waals surface area contributed by atoms with Crippen LogP contribution in [-0.2, 0) is 0 Å². The fraction of sp³-hybridized carbons (Fsp3) is 0.571. The summed E-state index contributed by atoms with van der Waals surface area (Å²) in [7, 11) is 0. The molecule has 0 saturated heterocycles.